The van der Waals surface area contributed by atoms with E-state index in [4.69, 9.17) is 56.8 Å². The minimum Gasteiger partial charge on any atom is -0.444 e. The molecule has 0 aromatic heterocycles. The molecule has 2 N–H and O–H groups in total. The van der Waals surface area contributed by atoms with Crippen LogP contribution in [0.3, 0.4) is 0 Å². The van der Waals surface area contributed by atoms with E-state index in [1.165, 1.54) is 11.9 Å². The second-order valence-corrected chi connectivity index (χ2v) is 34.6. The molecule has 3 aromatic carbocycles. The number of unbranched alkanes of at least 4 members (excludes halogenated alkanes) is 2. The number of carbonyl (C=O) groups excluding carboxylic acids is 4. The van der Waals surface area contributed by atoms with E-state index in [2.05, 4.69) is 72.1 Å². The number of esters is 1. The van der Waals surface area contributed by atoms with Crippen molar-refractivity contribution in [3.63, 3.8) is 0 Å². The predicted octanol–water partition coefficient (Wildman–Crippen LogP) is 15.4. The molecule has 18 nitrogen and oxygen atoms in total. The zero-order chi connectivity index (χ0) is 73.7. The quantitative estimate of drug-likeness (QED) is 0.0315. The van der Waals surface area contributed by atoms with Crippen LogP contribution in [0, 0.1) is 68.0 Å². The molecule has 570 valence electrons. The Hall–Kier alpha value is -5.12. The summed E-state index contributed by atoms with van der Waals surface area (Å²) in [6.45, 7) is 32.3. The number of fused-ring (bicyclic) bond motifs is 7. The van der Waals surface area contributed by atoms with E-state index in [9.17, 15) is 14.4 Å². The normalized spacial score (nSPS) is 38.5. The largest absolute Gasteiger partial charge is 0.444 e. The minimum absolute atomic E-state index is 0.00432. The molecule has 0 spiro atoms. The van der Waals surface area contributed by atoms with Crippen LogP contribution < -0.4 is 10.6 Å². The summed E-state index contributed by atoms with van der Waals surface area (Å²) in [4.78, 5) is 56.7. The number of benzene rings is 3. The number of carbonyl (C=O) groups is 4. The Balaban J connectivity index is 0.887. The molecule has 11 unspecified atom stereocenters. The summed E-state index contributed by atoms with van der Waals surface area (Å²) >= 11 is 0. The molecule has 3 aliphatic heterocycles. The molecule has 18 heteroatoms. The van der Waals surface area contributed by atoms with Gasteiger partial charge in [-0.2, -0.15) is 0 Å². The molecule has 3 saturated heterocycles. The Morgan fingerprint density at radius 2 is 1.31 bits per heavy atom. The maximum atomic E-state index is 16.5. The standard InChI is InChI=1S/C85H124N2O16/c1-16-94-72-71(101-74-56(4)69(96-50-60-33-25-19-26-34-60)64(52-97-74)95-49-59-31-23-18-24-32-59)57(5)98-76(73(72)92-15)100-70-55(3)68(87-67(89)35-27-20-28-46-86-78(91)103-79(6,7)8)63(51-93-48-58-29-21-17-22-30-58)99-75(70)102-77(90)85-44-42-80(9,10)47-62(85)61-36-37-66-81(11)40-38-54(2)82(12,53-88)65(81)39-41-84(66,14)83(61,13)43-45-85/h17-19,21-26,29-34,36,53-57,62-66,68-76H,16,20,27-28,35,37-52H2,1-15H3,(H,86,91)(H,87,89)/t54-,55?,56?,57+,62?,63?,64+,65+,66?,68+,69?,70?,71-,72?,73?,74-,75-,76?,81?,82-,83+,84+,85-/m0/s1. The van der Waals surface area contributed by atoms with Gasteiger partial charge in [0.15, 0.2) is 12.6 Å². The van der Waals surface area contributed by atoms with Crippen LogP contribution in [0.15, 0.2) is 103 Å². The highest BCUT2D eigenvalue weighted by Gasteiger charge is 2.70. The van der Waals surface area contributed by atoms with Crippen LogP contribution in [0.4, 0.5) is 4.79 Å². The lowest BCUT2D eigenvalue weighted by molar-refractivity contribution is -0.370. The summed E-state index contributed by atoms with van der Waals surface area (Å²) in [6.07, 6.45) is 5.52. The molecule has 0 radical (unpaired) electrons. The second kappa shape index (κ2) is 33.2. The van der Waals surface area contributed by atoms with Gasteiger partial charge in [-0.25, -0.2) is 4.79 Å². The van der Waals surface area contributed by atoms with Crippen molar-refractivity contribution < 1.29 is 76.0 Å². The Kier molecular flexibility index (Phi) is 25.4. The van der Waals surface area contributed by atoms with Gasteiger partial charge in [-0.1, -0.05) is 171 Å². The van der Waals surface area contributed by atoms with Gasteiger partial charge in [0.1, 0.15) is 48.5 Å². The average molecular weight is 1430 g/mol. The number of aldehydes is 1. The molecule has 103 heavy (non-hydrogen) atoms. The van der Waals surface area contributed by atoms with E-state index in [0.717, 1.165) is 68.1 Å². The Bertz CT molecular complexity index is 3310. The molecule has 3 aromatic rings. The van der Waals surface area contributed by atoms with Gasteiger partial charge in [-0.15, -0.1) is 0 Å². The first kappa shape index (κ1) is 78.9. The Morgan fingerprint density at radius 3 is 1.96 bits per heavy atom. The third-order valence-electron chi connectivity index (χ3n) is 26.5. The van der Waals surface area contributed by atoms with E-state index >= 15 is 4.79 Å². The van der Waals surface area contributed by atoms with E-state index < -0.39 is 96.8 Å². The van der Waals surface area contributed by atoms with Gasteiger partial charge in [0.2, 0.25) is 12.2 Å². The maximum Gasteiger partial charge on any atom is 0.407 e. The Labute approximate surface area is 614 Å². The molecule has 5 aliphatic carbocycles. The Morgan fingerprint density at radius 1 is 0.660 bits per heavy atom. The van der Waals surface area contributed by atoms with Gasteiger partial charge in [-0.05, 0) is 174 Å². The predicted molar refractivity (Wildman–Crippen MR) is 392 cm³/mol. The van der Waals surface area contributed by atoms with Crippen LogP contribution in [-0.4, -0.2) is 137 Å². The molecule has 4 saturated carbocycles. The third-order valence-corrected chi connectivity index (χ3v) is 26.5. The number of rotatable bonds is 27. The summed E-state index contributed by atoms with van der Waals surface area (Å²) in [5.74, 6) is -0.456. The summed E-state index contributed by atoms with van der Waals surface area (Å²) in [5.41, 5.74) is 2.28. The highest BCUT2D eigenvalue weighted by atomic mass is 16.8. The van der Waals surface area contributed by atoms with Gasteiger partial charge in [0.05, 0.1) is 56.7 Å². The van der Waals surface area contributed by atoms with E-state index in [-0.39, 0.29) is 77.0 Å². The first-order valence-electron chi connectivity index (χ1n) is 39.1. The summed E-state index contributed by atoms with van der Waals surface area (Å²) < 4.78 is 81.4. The van der Waals surface area contributed by atoms with Gasteiger partial charge < -0.3 is 72.3 Å². The van der Waals surface area contributed by atoms with Crippen LogP contribution in [0.5, 0.6) is 0 Å². The zero-order valence-corrected chi connectivity index (χ0v) is 64.6. The number of hydrogen-bond donors (Lipinski definition) is 2. The van der Waals surface area contributed by atoms with Crippen LogP contribution in [0.2, 0.25) is 0 Å². The van der Waals surface area contributed by atoms with Gasteiger partial charge in [0.25, 0.3) is 0 Å². The van der Waals surface area contributed by atoms with Gasteiger partial charge in [-0.3, -0.25) is 9.59 Å². The lowest BCUT2D eigenvalue weighted by Crippen LogP contribution is -2.67. The molecule has 7 fully saturated rings. The fourth-order valence-electron chi connectivity index (χ4n) is 20.2. The lowest BCUT2D eigenvalue weighted by atomic mass is 9.33. The SMILES string of the molecule is CCOC1C(OC)C(OC2C(C)[C@@H](NC(=O)CCCCCNC(=O)OC(C)(C)C)C(COCc3ccccc3)O[C@H]2OC(=O)[C@]23CCC(C)(C)CC2C2=CCC4C5(C)CC[C@H](C)[C@](C)(C=O)[C@@H]5CC[C@@]4(C)[C@]2(C)CC3)O[C@H](C)[C@@H]1O[C@@H]1OC[C@@H](OCc2ccccc2)C(OCc2ccccc2)C1C. The average Bonchev–Trinajstić information content (AvgIpc) is 0.675. The van der Waals surface area contributed by atoms with Crippen LogP contribution in [0.25, 0.3) is 0 Å². The summed E-state index contributed by atoms with van der Waals surface area (Å²) in [5, 5.41) is 6.21. The lowest BCUT2D eigenvalue weighted by Gasteiger charge is -2.71. The fourth-order valence-corrected chi connectivity index (χ4v) is 20.2. The zero-order valence-electron chi connectivity index (χ0n) is 64.6. The van der Waals surface area contributed by atoms with E-state index in [0.29, 0.717) is 76.2 Å². The van der Waals surface area contributed by atoms with E-state index in [1.54, 1.807) is 7.11 Å². The first-order chi connectivity index (χ1) is 49.1. The van der Waals surface area contributed by atoms with Crippen molar-refractivity contribution in [3.8, 4) is 0 Å². The number of methoxy groups -OCH3 is 1. The molecule has 2 amide bonds. The van der Waals surface area contributed by atoms with Crippen molar-refractivity contribution in [3.05, 3.63) is 119 Å². The number of nitrogens with one attached hydrogen (secondary N) is 2. The number of alkyl carbamates (subject to hydrolysis) is 1. The monoisotopic (exact) mass is 1430 g/mol. The van der Waals surface area contributed by atoms with Crippen molar-refractivity contribution in [2.45, 2.75) is 286 Å². The molecule has 11 rings (SSSR count). The minimum atomic E-state index is -1.30. The van der Waals surface area contributed by atoms with Gasteiger partial charge in [0, 0.05) is 43.9 Å². The summed E-state index contributed by atoms with van der Waals surface area (Å²) in [6, 6.07) is 29.4. The molecule has 23 atom stereocenters. The second-order valence-electron chi connectivity index (χ2n) is 34.6. The van der Waals surface area contributed by atoms with Crippen molar-refractivity contribution in [1.29, 1.82) is 0 Å². The smallest absolute Gasteiger partial charge is 0.407 e. The topological polar surface area (TPSA) is 203 Å². The van der Waals surface area contributed by atoms with E-state index in [1.807, 2.05) is 133 Å². The van der Waals surface area contributed by atoms with Gasteiger partial charge >= 0.3 is 12.1 Å². The molecule has 3 heterocycles. The molecular formula is C85H124N2O16. The molecule has 0 bridgehead atoms. The number of ether oxygens (including phenoxy) is 12. The van der Waals surface area contributed by atoms with Crippen LogP contribution in [0.1, 0.15) is 204 Å². The summed E-state index contributed by atoms with van der Waals surface area (Å²) in [7, 11) is 1.60. The number of amides is 2. The third kappa shape index (κ3) is 16.9. The molecule has 8 aliphatic rings. The van der Waals surface area contributed by atoms with Crippen LogP contribution >= 0.6 is 0 Å². The van der Waals surface area contributed by atoms with Crippen molar-refractivity contribution in [2.24, 2.45) is 68.0 Å². The number of allylic oxidation sites excluding steroid dienone is 2. The fraction of sp³-hybridized carbons (Fsp3) is 0.718. The highest BCUT2D eigenvalue weighted by Crippen LogP contribution is 2.76. The molecular weight excluding hydrogens is 1300 g/mol. The van der Waals surface area contributed by atoms with Crippen LogP contribution in [-0.2, 0) is 91.0 Å². The van der Waals surface area contributed by atoms with Crippen molar-refractivity contribution in [2.75, 3.05) is 33.5 Å². The maximum absolute atomic E-state index is 16.5. The number of hydrogen-bond acceptors (Lipinski definition) is 16. The first-order valence-corrected chi connectivity index (χ1v) is 39.1. The van der Waals surface area contributed by atoms with Crippen molar-refractivity contribution in [1.82, 2.24) is 10.6 Å². The van der Waals surface area contributed by atoms with Crippen molar-refractivity contribution >= 4 is 24.3 Å². The highest BCUT2D eigenvalue weighted by molar-refractivity contribution is 5.79.